The Morgan fingerprint density at radius 2 is 0.870 bits per heavy atom. The van der Waals surface area contributed by atoms with Gasteiger partial charge in [0, 0.05) is 0 Å². The monoisotopic (exact) mass is 347 g/mol. The van der Waals surface area contributed by atoms with E-state index in [1.807, 2.05) is 0 Å². The fourth-order valence-corrected chi connectivity index (χ4v) is 3.82. The second-order valence-electron chi connectivity index (χ2n) is 7.47. The summed E-state index contributed by atoms with van der Waals surface area (Å²) in [6.45, 7) is 7.86. The lowest BCUT2D eigenvalue weighted by Crippen LogP contribution is -2.21. The zero-order valence-corrected chi connectivity index (χ0v) is 17.3. The summed E-state index contributed by atoms with van der Waals surface area (Å²) < 4.78 is 0. The highest BCUT2D eigenvalue weighted by molar-refractivity contribution is 5.85. The molecule has 0 spiro atoms. The first kappa shape index (κ1) is 25.5. The van der Waals surface area contributed by atoms with E-state index >= 15 is 0 Å². The topological polar surface area (TPSA) is 26.0 Å². The lowest BCUT2D eigenvalue weighted by Gasteiger charge is -2.35. The molecule has 0 radical (unpaired) electrons. The number of hydrogen-bond donors (Lipinski definition) is 1. The molecule has 0 aromatic heterocycles. The fraction of sp³-hybridized carbons (Fsp3) is 1.00. The molecule has 0 aromatic carbocycles. The second kappa shape index (κ2) is 18.6. The summed E-state index contributed by atoms with van der Waals surface area (Å²) in [5, 5.41) is 0. The van der Waals surface area contributed by atoms with Crippen molar-refractivity contribution in [2.45, 2.75) is 124 Å². The summed E-state index contributed by atoms with van der Waals surface area (Å²) in [6.07, 6.45) is 22.6. The van der Waals surface area contributed by atoms with Gasteiger partial charge in [0.2, 0.25) is 0 Å². The van der Waals surface area contributed by atoms with Crippen molar-refractivity contribution in [3.8, 4) is 0 Å². The predicted molar refractivity (Wildman–Crippen MR) is 110 cm³/mol. The number of unbranched alkanes of at least 4 members (excludes halogenated alkanes) is 8. The Bertz CT molecular complexity index is 191. The van der Waals surface area contributed by atoms with E-state index in [0.717, 1.165) is 6.54 Å². The molecule has 0 aromatic rings. The van der Waals surface area contributed by atoms with Gasteiger partial charge in [0.1, 0.15) is 0 Å². The highest BCUT2D eigenvalue weighted by Gasteiger charge is 2.27. The Labute approximate surface area is 154 Å². The summed E-state index contributed by atoms with van der Waals surface area (Å²) >= 11 is 0. The van der Waals surface area contributed by atoms with Crippen molar-refractivity contribution >= 4 is 12.4 Å². The zero-order chi connectivity index (χ0) is 16.5. The molecule has 0 saturated carbocycles. The zero-order valence-electron chi connectivity index (χ0n) is 16.5. The van der Waals surface area contributed by atoms with Crippen LogP contribution in [-0.2, 0) is 0 Å². The third-order valence-corrected chi connectivity index (χ3v) is 5.34. The van der Waals surface area contributed by atoms with Crippen LogP contribution in [-0.4, -0.2) is 6.54 Å². The maximum atomic E-state index is 5.67. The maximum absolute atomic E-state index is 5.67. The molecule has 0 fully saturated rings. The van der Waals surface area contributed by atoms with Crippen LogP contribution in [0.15, 0.2) is 0 Å². The number of halogens is 1. The predicted octanol–water partition coefficient (Wildman–Crippen LogP) is 7.65. The van der Waals surface area contributed by atoms with E-state index in [1.165, 1.54) is 103 Å². The lowest BCUT2D eigenvalue weighted by molar-refractivity contribution is 0.173. The molecule has 0 bridgehead atoms. The van der Waals surface area contributed by atoms with Crippen LogP contribution >= 0.6 is 12.4 Å². The molecule has 1 nitrogen and oxygen atoms in total. The van der Waals surface area contributed by atoms with E-state index in [9.17, 15) is 0 Å². The Kier molecular flexibility index (Phi) is 20.6. The van der Waals surface area contributed by atoms with Gasteiger partial charge in [0.25, 0.3) is 0 Å². The van der Waals surface area contributed by atoms with Crippen LogP contribution in [0, 0.1) is 5.41 Å². The number of nitrogens with two attached hydrogens (primary N) is 1. The first-order valence-corrected chi connectivity index (χ1v) is 10.4. The van der Waals surface area contributed by atoms with Gasteiger partial charge in [-0.25, -0.2) is 0 Å². The molecule has 0 aliphatic rings. The van der Waals surface area contributed by atoms with Crippen molar-refractivity contribution in [3.63, 3.8) is 0 Å². The largest absolute Gasteiger partial charge is 0.330 e. The van der Waals surface area contributed by atoms with E-state index < -0.39 is 0 Å². The summed E-state index contributed by atoms with van der Waals surface area (Å²) in [4.78, 5) is 0. The molecule has 0 saturated heterocycles. The number of hydrogen-bond acceptors (Lipinski definition) is 1. The molecule has 2 N–H and O–H groups in total. The molecular formula is C21H46ClN. The number of rotatable bonds is 17. The Hall–Kier alpha value is 0.250. The van der Waals surface area contributed by atoms with Crippen LogP contribution in [0.25, 0.3) is 0 Å². The van der Waals surface area contributed by atoms with Crippen LogP contribution in [0.2, 0.25) is 0 Å². The van der Waals surface area contributed by atoms with Gasteiger partial charge in [-0.15, -0.1) is 12.4 Å². The van der Waals surface area contributed by atoms with E-state index in [2.05, 4.69) is 20.8 Å². The normalized spacial score (nSPS) is 11.5. The molecule has 0 unspecified atom stereocenters. The van der Waals surface area contributed by atoms with Crippen molar-refractivity contribution < 1.29 is 0 Å². The van der Waals surface area contributed by atoms with Gasteiger partial charge in [-0.1, -0.05) is 91.4 Å². The van der Waals surface area contributed by atoms with Crippen molar-refractivity contribution in [1.82, 2.24) is 0 Å². The molecular weight excluding hydrogens is 302 g/mol. The quantitative estimate of drug-likeness (QED) is 0.268. The SMILES string of the molecule is CCCCCC(CCCCC)(CCCCC)CCCCCN.Cl. The van der Waals surface area contributed by atoms with Gasteiger partial charge in [-0.05, 0) is 44.1 Å². The van der Waals surface area contributed by atoms with Crippen molar-refractivity contribution in [1.29, 1.82) is 0 Å². The van der Waals surface area contributed by atoms with Crippen molar-refractivity contribution in [2.24, 2.45) is 11.1 Å². The van der Waals surface area contributed by atoms with E-state index in [0.29, 0.717) is 5.41 Å². The highest BCUT2D eigenvalue weighted by atomic mass is 35.5. The van der Waals surface area contributed by atoms with E-state index in [4.69, 9.17) is 5.73 Å². The van der Waals surface area contributed by atoms with Crippen LogP contribution < -0.4 is 5.73 Å². The van der Waals surface area contributed by atoms with Gasteiger partial charge < -0.3 is 5.73 Å². The fourth-order valence-electron chi connectivity index (χ4n) is 3.82. The van der Waals surface area contributed by atoms with Crippen LogP contribution in [0.5, 0.6) is 0 Å². The van der Waals surface area contributed by atoms with Gasteiger partial charge in [-0.2, -0.15) is 0 Å². The maximum Gasteiger partial charge on any atom is -0.00773 e. The van der Waals surface area contributed by atoms with E-state index in [-0.39, 0.29) is 12.4 Å². The minimum Gasteiger partial charge on any atom is -0.330 e. The van der Waals surface area contributed by atoms with Gasteiger partial charge in [0.15, 0.2) is 0 Å². The average Bonchev–Trinajstić information content (AvgIpc) is 2.52. The summed E-state index contributed by atoms with van der Waals surface area (Å²) in [6, 6.07) is 0. The molecule has 2 heteroatoms. The third kappa shape index (κ3) is 14.3. The third-order valence-electron chi connectivity index (χ3n) is 5.34. The summed E-state index contributed by atoms with van der Waals surface area (Å²) in [5.41, 5.74) is 6.33. The highest BCUT2D eigenvalue weighted by Crippen LogP contribution is 2.41. The molecule has 23 heavy (non-hydrogen) atoms. The Morgan fingerprint density at radius 1 is 0.522 bits per heavy atom. The summed E-state index contributed by atoms with van der Waals surface area (Å²) in [5.74, 6) is 0. The molecule has 0 aliphatic heterocycles. The van der Waals surface area contributed by atoms with Gasteiger partial charge >= 0.3 is 0 Å². The van der Waals surface area contributed by atoms with Crippen molar-refractivity contribution in [3.05, 3.63) is 0 Å². The molecule has 142 valence electrons. The summed E-state index contributed by atoms with van der Waals surface area (Å²) in [7, 11) is 0. The smallest absolute Gasteiger partial charge is 0.00773 e. The van der Waals surface area contributed by atoms with E-state index in [1.54, 1.807) is 0 Å². The van der Waals surface area contributed by atoms with Crippen LogP contribution in [0.3, 0.4) is 0 Å². The second-order valence-corrected chi connectivity index (χ2v) is 7.47. The molecule has 0 amide bonds. The van der Waals surface area contributed by atoms with Gasteiger partial charge in [0.05, 0.1) is 0 Å². The Balaban J connectivity index is 0. The molecule has 0 rings (SSSR count). The molecule has 0 atom stereocenters. The van der Waals surface area contributed by atoms with Crippen LogP contribution in [0.4, 0.5) is 0 Å². The minimum atomic E-state index is 0. The van der Waals surface area contributed by atoms with Gasteiger partial charge in [-0.3, -0.25) is 0 Å². The molecule has 0 heterocycles. The standard InChI is InChI=1S/C21H45N.ClH/c1-4-7-11-16-21(17-12-8-5-2,18-13-9-6-3)19-14-10-15-20-22;/h4-20,22H2,1-3H3;1H. The Morgan fingerprint density at radius 3 is 1.17 bits per heavy atom. The average molecular weight is 348 g/mol. The minimum absolute atomic E-state index is 0. The first-order chi connectivity index (χ1) is 10.7. The lowest BCUT2D eigenvalue weighted by atomic mass is 9.70. The molecule has 0 aliphatic carbocycles. The van der Waals surface area contributed by atoms with Crippen molar-refractivity contribution in [2.75, 3.05) is 6.54 Å². The van der Waals surface area contributed by atoms with Crippen LogP contribution in [0.1, 0.15) is 124 Å². The first-order valence-electron chi connectivity index (χ1n) is 10.4.